The predicted octanol–water partition coefficient (Wildman–Crippen LogP) is 5.49. The van der Waals surface area contributed by atoms with Crippen molar-refractivity contribution in [1.82, 2.24) is 0 Å². The molecule has 0 fully saturated rings. The van der Waals surface area contributed by atoms with Crippen LogP contribution in [-0.4, -0.2) is 0 Å². The fourth-order valence-electron chi connectivity index (χ4n) is 2.27. The van der Waals surface area contributed by atoms with E-state index in [0.29, 0.717) is 6.61 Å². The Balaban J connectivity index is 1.94. The minimum absolute atomic E-state index is 0.590. The van der Waals surface area contributed by atoms with Gasteiger partial charge in [0.25, 0.3) is 0 Å². The Morgan fingerprint density at radius 1 is 0.950 bits per heavy atom. The van der Waals surface area contributed by atoms with Crippen LogP contribution >= 0.6 is 15.9 Å². The van der Waals surface area contributed by atoms with Gasteiger partial charge in [-0.1, -0.05) is 54.6 Å². The SMILES string of the molecule is Cc1c(OCc2ccccc2)cc2ccccc2c1Br. The lowest BCUT2D eigenvalue weighted by molar-refractivity contribution is 0.304. The first-order valence-corrected chi connectivity index (χ1v) is 7.39. The third-order valence-electron chi connectivity index (χ3n) is 3.42. The summed E-state index contributed by atoms with van der Waals surface area (Å²) in [5, 5.41) is 2.41. The van der Waals surface area contributed by atoms with Crippen molar-refractivity contribution in [1.29, 1.82) is 0 Å². The summed E-state index contributed by atoms with van der Waals surface area (Å²) in [5.74, 6) is 0.930. The van der Waals surface area contributed by atoms with E-state index in [9.17, 15) is 0 Å². The summed E-state index contributed by atoms with van der Waals surface area (Å²) in [6.07, 6.45) is 0. The van der Waals surface area contributed by atoms with E-state index >= 15 is 0 Å². The van der Waals surface area contributed by atoms with Gasteiger partial charge in [-0.2, -0.15) is 0 Å². The quantitative estimate of drug-likeness (QED) is 0.618. The van der Waals surface area contributed by atoms with Gasteiger partial charge in [0.1, 0.15) is 12.4 Å². The lowest BCUT2D eigenvalue weighted by Gasteiger charge is -2.13. The van der Waals surface area contributed by atoms with Crippen molar-refractivity contribution in [3.8, 4) is 5.75 Å². The molecule has 3 aromatic rings. The molecule has 3 rings (SSSR count). The lowest BCUT2D eigenvalue weighted by atomic mass is 10.1. The van der Waals surface area contributed by atoms with Crippen LogP contribution in [0.2, 0.25) is 0 Å². The molecule has 0 unspecified atom stereocenters. The second-order valence-electron chi connectivity index (χ2n) is 4.81. The molecule has 0 radical (unpaired) electrons. The van der Waals surface area contributed by atoms with Crippen molar-refractivity contribution in [3.63, 3.8) is 0 Å². The van der Waals surface area contributed by atoms with E-state index < -0.39 is 0 Å². The monoisotopic (exact) mass is 326 g/mol. The first-order valence-electron chi connectivity index (χ1n) is 6.60. The van der Waals surface area contributed by atoms with Crippen molar-refractivity contribution >= 4 is 26.7 Å². The highest BCUT2D eigenvalue weighted by Crippen LogP contribution is 2.34. The maximum absolute atomic E-state index is 5.98. The minimum Gasteiger partial charge on any atom is -0.489 e. The van der Waals surface area contributed by atoms with Crippen molar-refractivity contribution in [2.75, 3.05) is 0 Å². The largest absolute Gasteiger partial charge is 0.489 e. The molecule has 0 aliphatic carbocycles. The molecule has 2 heteroatoms. The standard InChI is InChI=1S/C18H15BrO/c1-13-17(20-12-14-7-3-2-4-8-14)11-15-9-5-6-10-16(15)18(13)19/h2-11H,12H2,1H3. The van der Waals surface area contributed by atoms with Crippen LogP contribution in [0.5, 0.6) is 5.75 Å². The van der Waals surface area contributed by atoms with Crippen LogP contribution in [0.15, 0.2) is 65.1 Å². The molecule has 100 valence electrons. The Morgan fingerprint density at radius 2 is 1.65 bits per heavy atom. The molecule has 0 bridgehead atoms. The molecule has 0 spiro atoms. The Bertz CT molecular complexity index is 735. The number of ether oxygens (including phenoxy) is 1. The maximum Gasteiger partial charge on any atom is 0.124 e. The molecular weight excluding hydrogens is 312 g/mol. The summed E-state index contributed by atoms with van der Waals surface area (Å²) in [6.45, 7) is 2.67. The van der Waals surface area contributed by atoms with Crippen LogP contribution in [0.1, 0.15) is 11.1 Å². The molecular formula is C18H15BrO. The fourth-order valence-corrected chi connectivity index (χ4v) is 2.82. The van der Waals surface area contributed by atoms with Gasteiger partial charge in [-0.05, 0) is 45.3 Å². The summed E-state index contributed by atoms with van der Waals surface area (Å²) in [5.41, 5.74) is 2.32. The molecule has 0 saturated heterocycles. The van der Waals surface area contributed by atoms with Crippen LogP contribution in [0.25, 0.3) is 10.8 Å². The summed E-state index contributed by atoms with van der Waals surface area (Å²) >= 11 is 3.68. The average Bonchev–Trinajstić information content (AvgIpc) is 2.50. The highest BCUT2D eigenvalue weighted by molar-refractivity contribution is 9.10. The smallest absolute Gasteiger partial charge is 0.124 e. The van der Waals surface area contributed by atoms with Crippen molar-refractivity contribution in [2.45, 2.75) is 13.5 Å². The summed E-state index contributed by atoms with van der Waals surface area (Å²) in [6, 6.07) is 20.7. The van der Waals surface area contributed by atoms with Crippen molar-refractivity contribution < 1.29 is 4.74 Å². The van der Waals surface area contributed by atoms with Crippen LogP contribution in [0.3, 0.4) is 0 Å². The number of hydrogen-bond acceptors (Lipinski definition) is 1. The van der Waals surface area contributed by atoms with Crippen LogP contribution in [-0.2, 0) is 6.61 Å². The maximum atomic E-state index is 5.98. The van der Waals surface area contributed by atoms with E-state index in [1.54, 1.807) is 0 Å². The zero-order valence-electron chi connectivity index (χ0n) is 11.3. The summed E-state index contributed by atoms with van der Waals surface area (Å²) in [7, 11) is 0. The molecule has 0 atom stereocenters. The number of hydrogen-bond donors (Lipinski definition) is 0. The van der Waals surface area contributed by atoms with E-state index in [0.717, 1.165) is 15.8 Å². The third-order valence-corrected chi connectivity index (χ3v) is 4.44. The molecule has 0 N–H and O–H groups in total. The average molecular weight is 327 g/mol. The highest BCUT2D eigenvalue weighted by Gasteiger charge is 2.08. The van der Waals surface area contributed by atoms with Gasteiger partial charge in [0, 0.05) is 10.0 Å². The summed E-state index contributed by atoms with van der Waals surface area (Å²) in [4.78, 5) is 0. The van der Waals surface area contributed by atoms with Gasteiger partial charge < -0.3 is 4.74 Å². The third kappa shape index (κ3) is 2.56. The Labute approximate surface area is 127 Å². The van der Waals surface area contributed by atoms with E-state index in [2.05, 4.69) is 59.3 Å². The van der Waals surface area contributed by atoms with Gasteiger partial charge in [0.15, 0.2) is 0 Å². The Kier molecular flexibility index (Phi) is 3.75. The second-order valence-corrected chi connectivity index (χ2v) is 5.60. The second kappa shape index (κ2) is 5.68. The minimum atomic E-state index is 0.590. The molecule has 0 aliphatic heterocycles. The molecule has 0 heterocycles. The molecule has 3 aromatic carbocycles. The lowest BCUT2D eigenvalue weighted by Crippen LogP contribution is -1.97. The van der Waals surface area contributed by atoms with Gasteiger partial charge in [-0.25, -0.2) is 0 Å². The van der Waals surface area contributed by atoms with Crippen LogP contribution < -0.4 is 4.74 Å². The summed E-state index contributed by atoms with van der Waals surface area (Å²) < 4.78 is 7.09. The first-order chi connectivity index (χ1) is 9.75. The van der Waals surface area contributed by atoms with E-state index in [1.165, 1.54) is 16.3 Å². The van der Waals surface area contributed by atoms with Crippen LogP contribution in [0.4, 0.5) is 0 Å². The van der Waals surface area contributed by atoms with Gasteiger partial charge in [0.05, 0.1) is 0 Å². The van der Waals surface area contributed by atoms with E-state index in [-0.39, 0.29) is 0 Å². The first kappa shape index (κ1) is 13.2. The Morgan fingerprint density at radius 3 is 2.45 bits per heavy atom. The number of fused-ring (bicyclic) bond motifs is 1. The van der Waals surface area contributed by atoms with Gasteiger partial charge >= 0.3 is 0 Å². The molecule has 0 aliphatic rings. The molecule has 1 nitrogen and oxygen atoms in total. The van der Waals surface area contributed by atoms with Gasteiger partial charge in [0.2, 0.25) is 0 Å². The molecule has 0 saturated carbocycles. The Hall–Kier alpha value is -1.80. The van der Waals surface area contributed by atoms with Crippen molar-refractivity contribution in [3.05, 3.63) is 76.3 Å². The number of rotatable bonds is 3. The zero-order chi connectivity index (χ0) is 13.9. The molecule has 0 aromatic heterocycles. The highest BCUT2D eigenvalue weighted by atomic mass is 79.9. The number of halogens is 1. The van der Waals surface area contributed by atoms with E-state index in [1.807, 2.05) is 24.3 Å². The van der Waals surface area contributed by atoms with Crippen LogP contribution in [0, 0.1) is 6.92 Å². The topological polar surface area (TPSA) is 9.23 Å². The van der Waals surface area contributed by atoms with Gasteiger partial charge in [-0.15, -0.1) is 0 Å². The fraction of sp³-hybridized carbons (Fsp3) is 0.111. The van der Waals surface area contributed by atoms with Gasteiger partial charge in [-0.3, -0.25) is 0 Å². The van der Waals surface area contributed by atoms with E-state index in [4.69, 9.17) is 4.74 Å². The zero-order valence-corrected chi connectivity index (χ0v) is 12.9. The normalized spacial score (nSPS) is 10.7. The van der Waals surface area contributed by atoms with Crippen molar-refractivity contribution in [2.24, 2.45) is 0 Å². The molecule has 20 heavy (non-hydrogen) atoms. The predicted molar refractivity (Wildman–Crippen MR) is 87.2 cm³/mol. The molecule has 0 amide bonds. The number of benzene rings is 3.